The molecule has 0 aliphatic carbocycles. The molecular formula is C20H25NO. The van der Waals surface area contributed by atoms with Gasteiger partial charge in [0.2, 0.25) is 0 Å². The zero-order chi connectivity index (χ0) is 15.4. The molecular weight excluding hydrogens is 270 g/mol. The Hall–Kier alpha value is -1.64. The van der Waals surface area contributed by atoms with Crippen molar-refractivity contribution in [2.45, 2.75) is 32.2 Å². The second-order valence-corrected chi connectivity index (χ2v) is 6.21. The summed E-state index contributed by atoms with van der Waals surface area (Å²) in [5, 5.41) is 8.97. The van der Waals surface area contributed by atoms with Gasteiger partial charge in [0.15, 0.2) is 0 Å². The topological polar surface area (TPSA) is 23.5 Å². The molecule has 0 radical (unpaired) electrons. The fraction of sp³-hybridized carbons (Fsp3) is 0.400. The highest BCUT2D eigenvalue weighted by atomic mass is 16.2. The van der Waals surface area contributed by atoms with E-state index in [-0.39, 0.29) is 6.61 Å². The van der Waals surface area contributed by atoms with Gasteiger partial charge in [0.05, 0.1) is 0 Å². The standard InChI is InChI=1S/C20H25NO/c1-16(21-13-2-3-14-21)18-8-10-20(11-9-18)19-6-4-17(5-7-19)12-15-22/h4-11,16,22H,2-3,12-15H2,1H3. The zero-order valence-corrected chi connectivity index (χ0v) is 13.3. The maximum atomic E-state index is 8.97. The molecule has 3 rings (SSSR count). The zero-order valence-electron chi connectivity index (χ0n) is 13.3. The molecule has 0 saturated carbocycles. The Morgan fingerprint density at radius 3 is 2.00 bits per heavy atom. The molecule has 0 spiro atoms. The van der Waals surface area contributed by atoms with Crippen molar-refractivity contribution in [1.29, 1.82) is 0 Å². The van der Waals surface area contributed by atoms with Crippen molar-refractivity contribution in [3.05, 3.63) is 59.7 Å². The van der Waals surface area contributed by atoms with Crippen molar-refractivity contribution >= 4 is 0 Å². The van der Waals surface area contributed by atoms with Gasteiger partial charge in [0.1, 0.15) is 0 Å². The van der Waals surface area contributed by atoms with Crippen LogP contribution in [0, 0.1) is 0 Å². The fourth-order valence-corrected chi connectivity index (χ4v) is 3.29. The van der Waals surface area contributed by atoms with Gasteiger partial charge in [0.25, 0.3) is 0 Å². The molecule has 1 unspecified atom stereocenters. The molecule has 1 aliphatic rings. The number of hydrogen-bond acceptors (Lipinski definition) is 2. The van der Waals surface area contributed by atoms with Crippen LogP contribution in [-0.4, -0.2) is 29.7 Å². The second kappa shape index (κ2) is 7.08. The Kier molecular flexibility index (Phi) is 4.91. The van der Waals surface area contributed by atoms with E-state index in [1.165, 1.54) is 48.2 Å². The van der Waals surface area contributed by atoms with Crippen LogP contribution in [0.1, 0.15) is 36.9 Å². The summed E-state index contributed by atoms with van der Waals surface area (Å²) in [5.74, 6) is 0. The highest BCUT2D eigenvalue weighted by Gasteiger charge is 2.19. The summed E-state index contributed by atoms with van der Waals surface area (Å²) in [6, 6.07) is 18.0. The third-order valence-corrected chi connectivity index (χ3v) is 4.77. The summed E-state index contributed by atoms with van der Waals surface area (Å²) < 4.78 is 0. The number of aliphatic hydroxyl groups is 1. The SMILES string of the molecule is CC(c1ccc(-c2ccc(CCO)cc2)cc1)N1CCCC1. The Morgan fingerprint density at radius 2 is 1.45 bits per heavy atom. The minimum Gasteiger partial charge on any atom is -0.396 e. The monoisotopic (exact) mass is 295 g/mol. The van der Waals surface area contributed by atoms with Crippen molar-refractivity contribution in [3.63, 3.8) is 0 Å². The predicted octanol–water partition coefficient (Wildman–Crippen LogP) is 4.05. The normalized spacial score (nSPS) is 16.8. The maximum absolute atomic E-state index is 8.97. The Labute approximate surface area is 133 Å². The molecule has 2 nitrogen and oxygen atoms in total. The number of likely N-dealkylation sites (tertiary alicyclic amines) is 1. The first-order valence-corrected chi connectivity index (χ1v) is 8.32. The summed E-state index contributed by atoms with van der Waals surface area (Å²) in [6.45, 7) is 4.98. The molecule has 2 heteroatoms. The average molecular weight is 295 g/mol. The van der Waals surface area contributed by atoms with E-state index in [2.05, 4.69) is 60.4 Å². The minimum absolute atomic E-state index is 0.211. The lowest BCUT2D eigenvalue weighted by atomic mass is 9.99. The van der Waals surface area contributed by atoms with Crippen molar-refractivity contribution in [3.8, 4) is 11.1 Å². The lowest BCUT2D eigenvalue weighted by Gasteiger charge is -2.24. The second-order valence-electron chi connectivity index (χ2n) is 6.21. The van der Waals surface area contributed by atoms with Crippen molar-refractivity contribution in [2.75, 3.05) is 19.7 Å². The molecule has 0 amide bonds. The van der Waals surface area contributed by atoms with Gasteiger partial charge in [-0.2, -0.15) is 0 Å². The van der Waals surface area contributed by atoms with Crippen LogP contribution in [0.2, 0.25) is 0 Å². The quantitative estimate of drug-likeness (QED) is 0.899. The van der Waals surface area contributed by atoms with E-state index in [4.69, 9.17) is 5.11 Å². The molecule has 1 fully saturated rings. The maximum Gasteiger partial charge on any atom is 0.0471 e. The summed E-state index contributed by atoms with van der Waals surface area (Å²) in [5.41, 5.74) is 5.09. The van der Waals surface area contributed by atoms with Gasteiger partial charge >= 0.3 is 0 Å². The first-order valence-electron chi connectivity index (χ1n) is 8.32. The third kappa shape index (κ3) is 3.40. The fourth-order valence-electron chi connectivity index (χ4n) is 3.29. The van der Waals surface area contributed by atoms with E-state index < -0.39 is 0 Å². The molecule has 0 bridgehead atoms. The Balaban J connectivity index is 1.73. The van der Waals surface area contributed by atoms with Crippen LogP contribution < -0.4 is 0 Å². The molecule has 2 aromatic carbocycles. The van der Waals surface area contributed by atoms with Crippen LogP contribution in [0.4, 0.5) is 0 Å². The van der Waals surface area contributed by atoms with Gasteiger partial charge in [-0.15, -0.1) is 0 Å². The Morgan fingerprint density at radius 1 is 0.909 bits per heavy atom. The first-order chi connectivity index (χ1) is 10.8. The molecule has 1 N–H and O–H groups in total. The number of benzene rings is 2. The largest absolute Gasteiger partial charge is 0.396 e. The smallest absolute Gasteiger partial charge is 0.0471 e. The molecule has 1 atom stereocenters. The molecule has 1 saturated heterocycles. The molecule has 2 aromatic rings. The average Bonchev–Trinajstić information content (AvgIpc) is 3.10. The van der Waals surface area contributed by atoms with Crippen LogP contribution >= 0.6 is 0 Å². The molecule has 1 aliphatic heterocycles. The molecule has 1 heterocycles. The predicted molar refractivity (Wildman–Crippen MR) is 91.9 cm³/mol. The summed E-state index contributed by atoms with van der Waals surface area (Å²) in [7, 11) is 0. The summed E-state index contributed by atoms with van der Waals surface area (Å²) >= 11 is 0. The van der Waals surface area contributed by atoms with E-state index in [0.29, 0.717) is 6.04 Å². The van der Waals surface area contributed by atoms with Gasteiger partial charge in [-0.3, -0.25) is 4.90 Å². The third-order valence-electron chi connectivity index (χ3n) is 4.77. The van der Waals surface area contributed by atoms with Crippen LogP contribution in [0.25, 0.3) is 11.1 Å². The molecule has 116 valence electrons. The van der Waals surface area contributed by atoms with Gasteiger partial charge < -0.3 is 5.11 Å². The highest BCUT2D eigenvalue weighted by molar-refractivity contribution is 5.64. The van der Waals surface area contributed by atoms with Gasteiger partial charge in [-0.25, -0.2) is 0 Å². The van der Waals surface area contributed by atoms with E-state index >= 15 is 0 Å². The van der Waals surface area contributed by atoms with Gasteiger partial charge in [-0.05, 0) is 61.5 Å². The first kappa shape index (κ1) is 15.3. The number of nitrogens with zero attached hydrogens (tertiary/aromatic N) is 1. The minimum atomic E-state index is 0.211. The molecule has 0 aromatic heterocycles. The van der Waals surface area contributed by atoms with Gasteiger partial charge in [-0.1, -0.05) is 48.5 Å². The van der Waals surface area contributed by atoms with Crippen molar-refractivity contribution in [1.82, 2.24) is 4.90 Å². The highest BCUT2D eigenvalue weighted by Crippen LogP contribution is 2.27. The van der Waals surface area contributed by atoms with Crippen LogP contribution in [-0.2, 0) is 6.42 Å². The van der Waals surface area contributed by atoms with Crippen LogP contribution in [0.5, 0.6) is 0 Å². The van der Waals surface area contributed by atoms with Crippen LogP contribution in [0.3, 0.4) is 0 Å². The lowest BCUT2D eigenvalue weighted by Crippen LogP contribution is -2.23. The van der Waals surface area contributed by atoms with Crippen LogP contribution in [0.15, 0.2) is 48.5 Å². The van der Waals surface area contributed by atoms with E-state index in [9.17, 15) is 0 Å². The summed E-state index contributed by atoms with van der Waals surface area (Å²) in [6.07, 6.45) is 3.40. The lowest BCUT2D eigenvalue weighted by molar-refractivity contribution is 0.263. The van der Waals surface area contributed by atoms with Crippen molar-refractivity contribution < 1.29 is 5.11 Å². The number of hydrogen-bond donors (Lipinski definition) is 1. The molecule has 22 heavy (non-hydrogen) atoms. The summed E-state index contributed by atoms with van der Waals surface area (Å²) in [4.78, 5) is 2.57. The Bertz CT molecular complexity index is 582. The van der Waals surface area contributed by atoms with E-state index in [1.807, 2.05) is 0 Å². The van der Waals surface area contributed by atoms with E-state index in [1.54, 1.807) is 0 Å². The number of aliphatic hydroxyl groups excluding tert-OH is 1. The van der Waals surface area contributed by atoms with Gasteiger partial charge in [0, 0.05) is 12.6 Å². The van der Waals surface area contributed by atoms with Crippen molar-refractivity contribution in [2.24, 2.45) is 0 Å². The van der Waals surface area contributed by atoms with E-state index in [0.717, 1.165) is 6.42 Å². The number of rotatable bonds is 5.